The molecule has 0 aliphatic carbocycles. The fourth-order valence-electron chi connectivity index (χ4n) is 13.2. The Labute approximate surface area is 696 Å². The Balaban J connectivity index is 1.87. The summed E-state index contributed by atoms with van der Waals surface area (Å²) >= 11 is 0. The lowest BCUT2D eigenvalue weighted by atomic mass is 9.89. The number of aliphatic hydroxyl groups is 1. The van der Waals surface area contributed by atoms with Crippen LogP contribution in [0.5, 0.6) is 0 Å². The topological polar surface area (TPSA) is 727 Å². The van der Waals surface area contributed by atoms with E-state index < -0.39 is 154 Å². The number of aliphatic hydroxyl groups excluding tert-OH is 1. The van der Waals surface area contributed by atoms with Crippen LogP contribution in [0.25, 0.3) is 0 Å². The van der Waals surface area contributed by atoms with Crippen molar-refractivity contribution in [3.8, 4) is 0 Å². The smallest absolute Gasteiger partial charge is 0.409 e. The number of Topliss-reactive ketones (excluding diaryl/α,β-unsaturated/α-hetero) is 3. The molecule has 0 saturated carbocycles. The van der Waals surface area contributed by atoms with Gasteiger partial charge < -0.3 is 138 Å². The number of carbonyl (C=O) groups excluding carboxylic acids is 9. The summed E-state index contributed by atoms with van der Waals surface area (Å²) < 4.78 is 77.2. The summed E-state index contributed by atoms with van der Waals surface area (Å²) in [4.78, 5) is 154. The molecule has 3 fully saturated rings. The lowest BCUT2D eigenvalue weighted by Crippen LogP contribution is -2.53. The minimum atomic E-state index is -3.90. The molecule has 0 aromatic heterocycles. The number of hydrogen-bond donors (Lipinski definition) is 17. The second-order valence-corrected chi connectivity index (χ2v) is 34.7. The molecule has 680 valence electrons. The number of hydrogen-bond acceptors (Lipinski definition) is 25. The summed E-state index contributed by atoms with van der Waals surface area (Å²) in [6.07, 6.45) is -3.57. The summed E-state index contributed by atoms with van der Waals surface area (Å²) in [7, 11) is -1.16. The van der Waals surface area contributed by atoms with Gasteiger partial charge in [-0.15, -0.1) is 0 Å². The zero-order valence-electron chi connectivity index (χ0n) is 70.1. The van der Waals surface area contributed by atoms with Gasteiger partial charge in [-0.3, -0.25) is 77.4 Å². The third kappa shape index (κ3) is 41.4. The van der Waals surface area contributed by atoms with Crippen molar-refractivity contribution in [3.05, 3.63) is 0 Å². The lowest BCUT2D eigenvalue weighted by molar-refractivity contribution is -0.147. The number of amides is 6. The average molecular weight is 1740 g/mol. The third-order valence-corrected chi connectivity index (χ3v) is 24.2. The van der Waals surface area contributed by atoms with Gasteiger partial charge in [0.25, 0.3) is 0 Å². The Morgan fingerprint density at radius 3 is 1.19 bits per heavy atom. The molecular weight excluding hydrogens is 1600 g/mol. The highest BCUT2D eigenvalue weighted by Gasteiger charge is 2.45. The van der Waals surface area contributed by atoms with E-state index >= 15 is 4.57 Å². The van der Waals surface area contributed by atoms with Crippen LogP contribution >= 0.6 is 15.3 Å². The number of rotatable bonds is 59. The highest BCUT2D eigenvalue weighted by Crippen LogP contribution is 2.56. The van der Waals surface area contributed by atoms with Crippen LogP contribution in [0.2, 0.25) is 0 Å². The van der Waals surface area contributed by atoms with Crippen molar-refractivity contribution in [2.24, 2.45) is 117 Å². The SMILES string of the molecule is CC(=O)N[C@@H](CCCN=C(N)N)C(=O)C[C@@H](CCCN=C(N)N)C(=O)N[C@@H](CCCN=C(N)N)C(=O)C[C@@H](CCCN=C(N)N)C(=O)N[C@@H](CCCN=C(N)N)C(=O)C[C@@H](CCCN=C(N)N)C(=O)NCC(=O)N1C[C@@H](COP(=O)(N(C)C)N2C[C@@H](COP(=O)(N(C)C)N3CCN(C(=O)OCCOCCOCCO)CC3)O[C@@H](C)C2)O[C@@H](C)C1. The highest BCUT2D eigenvalue weighted by atomic mass is 31.2. The van der Waals surface area contributed by atoms with Crippen molar-refractivity contribution in [3.63, 3.8) is 0 Å². The predicted molar refractivity (Wildman–Crippen MR) is 448 cm³/mol. The fraction of sp³-hybridized carbons (Fsp3) is 0.786. The first-order chi connectivity index (χ1) is 56.3. The molecule has 0 bridgehead atoms. The first kappa shape index (κ1) is 104. The Hall–Kier alpha value is -8.73. The van der Waals surface area contributed by atoms with Crippen molar-refractivity contribution < 1.29 is 90.1 Å². The molecule has 3 heterocycles. The molecule has 2 unspecified atom stereocenters. The van der Waals surface area contributed by atoms with E-state index in [1.165, 1.54) is 26.1 Å². The van der Waals surface area contributed by atoms with Gasteiger partial charge >= 0.3 is 21.4 Å². The number of carbonyl (C=O) groups is 9. The van der Waals surface area contributed by atoms with Crippen molar-refractivity contribution in [1.29, 1.82) is 0 Å². The molecule has 3 aliphatic rings. The van der Waals surface area contributed by atoms with Gasteiger partial charge in [-0.1, -0.05) is 0 Å². The molecule has 0 spiro atoms. The molecule has 6 amide bonds. The van der Waals surface area contributed by atoms with E-state index in [0.717, 1.165) is 0 Å². The number of morpholine rings is 2. The van der Waals surface area contributed by atoms with E-state index in [9.17, 15) is 47.7 Å². The van der Waals surface area contributed by atoms with Crippen LogP contribution in [0.1, 0.15) is 117 Å². The van der Waals surface area contributed by atoms with Gasteiger partial charge in [0.05, 0.1) is 95.3 Å². The van der Waals surface area contributed by atoms with Crippen LogP contribution in [0, 0.1) is 17.8 Å². The van der Waals surface area contributed by atoms with Gasteiger partial charge in [0, 0.05) is 136 Å². The van der Waals surface area contributed by atoms with Gasteiger partial charge in [0.15, 0.2) is 53.1 Å². The number of aliphatic imine (C=N–C) groups is 6. The normalized spacial score (nSPS) is 19.0. The van der Waals surface area contributed by atoms with E-state index in [1.54, 1.807) is 51.4 Å². The van der Waals surface area contributed by atoms with E-state index in [-0.39, 0.29) is 257 Å². The molecule has 0 aromatic carbocycles. The third-order valence-electron chi connectivity index (χ3n) is 19.0. The maximum absolute atomic E-state index is 15.2. The van der Waals surface area contributed by atoms with Crippen LogP contribution in [0.4, 0.5) is 4.79 Å². The molecule has 29 N–H and O–H groups in total. The Morgan fingerprint density at radius 1 is 0.454 bits per heavy atom. The number of ketones is 3. The van der Waals surface area contributed by atoms with E-state index in [4.69, 9.17) is 107 Å². The van der Waals surface area contributed by atoms with Crippen molar-refractivity contribution in [2.75, 3.05) is 179 Å². The minimum Gasteiger partial charge on any atom is -0.447 e. The molecule has 3 rings (SSSR count). The zero-order valence-corrected chi connectivity index (χ0v) is 71.9. The summed E-state index contributed by atoms with van der Waals surface area (Å²) in [6.45, 7) is 5.99. The Kier molecular flexibility index (Phi) is 49.1. The number of nitrogens with one attached hydrogen (secondary N) is 4. The second kappa shape index (κ2) is 56.0. The second-order valence-electron chi connectivity index (χ2n) is 29.5. The average Bonchev–Trinajstić information content (AvgIpc) is 0.791. The first-order valence-corrected chi connectivity index (χ1v) is 43.0. The number of ether oxygens (including phenoxy) is 5. The van der Waals surface area contributed by atoms with Crippen molar-refractivity contribution in [1.82, 2.24) is 49.7 Å². The summed E-state index contributed by atoms with van der Waals surface area (Å²) in [5.74, 6) is -9.86. The van der Waals surface area contributed by atoms with E-state index in [0.29, 0.717) is 0 Å². The highest BCUT2D eigenvalue weighted by molar-refractivity contribution is 7.54. The molecule has 47 nitrogen and oxygen atoms in total. The lowest BCUT2D eigenvalue weighted by Gasteiger charge is -2.44. The van der Waals surface area contributed by atoms with Gasteiger partial charge in [-0.25, -0.2) is 23.5 Å². The summed E-state index contributed by atoms with van der Waals surface area (Å²) in [6, 6.07) is -3.71. The molecule has 0 radical (unpaired) electrons. The summed E-state index contributed by atoms with van der Waals surface area (Å²) in [5, 5.41) is 19.8. The predicted octanol–water partition coefficient (Wildman–Crippen LogP) is -5.52. The van der Waals surface area contributed by atoms with Crippen LogP contribution in [-0.4, -0.2) is 344 Å². The molecular formula is C70H136N28O19P2. The van der Waals surface area contributed by atoms with Gasteiger partial charge in [-0.05, 0) is 119 Å². The molecule has 49 heteroatoms. The van der Waals surface area contributed by atoms with Crippen molar-refractivity contribution in [2.45, 2.75) is 160 Å². The fourth-order valence-corrected chi connectivity index (χ4v) is 17.2. The van der Waals surface area contributed by atoms with Gasteiger partial charge in [0.2, 0.25) is 29.5 Å². The molecule has 119 heavy (non-hydrogen) atoms. The van der Waals surface area contributed by atoms with Crippen molar-refractivity contribution >= 4 is 104 Å². The van der Waals surface area contributed by atoms with Crippen LogP contribution in [0.15, 0.2) is 30.0 Å². The molecule has 12 atom stereocenters. The Bertz CT molecular complexity index is 3460. The van der Waals surface area contributed by atoms with E-state index in [2.05, 4.69) is 51.2 Å². The largest absolute Gasteiger partial charge is 0.447 e. The number of nitrogens with zero attached hydrogens (tertiary/aromatic N) is 12. The number of guanidine groups is 6. The van der Waals surface area contributed by atoms with Crippen LogP contribution in [-0.2, 0) is 80.2 Å². The first-order valence-electron chi connectivity index (χ1n) is 40.0. The monoisotopic (exact) mass is 1740 g/mol. The van der Waals surface area contributed by atoms with Gasteiger partial charge in [0.1, 0.15) is 6.61 Å². The molecule has 3 saturated heterocycles. The quantitative estimate of drug-likeness (QED) is 0.0117. The van der Waals surface area contributed by atoms with E-state index in [1.807, 2.05) is 0 Å². The maximum Gasteiger partial charge on any atom is 0.409 e. The van der Waals surface area contributed by atoms with Crippen LogP contribution in [0.3, 0.4) is 0 Å². The molecule has 0 aromatic rings. The zero-order chi connectivity index (χ0) is 88.8. The minimum absolute atomic E-state index is 0.00670. The standard InChI is InChI=1S/C70H136N28O19P2/c1-46-40-96(42-52(116-46)44-115-119(110,94(6)7)98-41-47(2)117-53(43-98)45-114-118(109,93(4)5)97-28-26-95(27-29-97)70(108)113-35-34-112-33-32-111-31-30-99)60(104)39-89-61(105)49(14-8-20-83-64(71)72)36-58(102)55(18-12-24-87-68(79)80)91-63(107)51(16-10-22-85-66(75)76)38-59(103)56(19-13-25-88-69(81)82)92-62(106)50(15-9-21-84-65(73)74)37-57(101)54(90-48(3)100)17-11-23-86-67(77)78/h46-47,49-56,99H,8-45H2,1-7H3,(H,89,105)(H,90,100)(H,91,107)(H,92,106)(H4,71,72,83)(H4,73,74,84)(H4,75,76,85)(H4,77,78,86)(H4,79,80,87)(H4,81,82,88)/t46-,47-,49+,50+,51+,52-,53-,54-,55-,56-,118?,119?/m0/s1. The maximum atomic E-state index is 15.2. The van der Waals surface area contributed by atoms with Crippen LogP contribution < -0.4 is 90.1 Å². The number of piperazine rings is 1. The molecule has 3 aliphatic heterocycles. The summed E-state index contributed by atoms with van der Waals surface area (Å²) in [5.41, 5.74) is 67.3. The van der Waals surface area contributed by atoms with Gasteiger partial charge in [-0.2, -0.15) is 0 Å². The Morgan fingerprint density at radius 2 is 0.807 bits per heavy atom. The number of nitrogens with two attached hydrogens (primary N) is 12.